The third-order valence-corrected chi connectivity index (χ3v) is 5.68. The first kappa shape index (κ1) is 17.5. The van der Waals surface area contributed by atoms with Crippen LogP contribution in [0.2, 0.25) is 0 Å². The molecule has 0 radical (unpaired) electrons. The highest BCUT2D eigenvalue weighted by molar-refractivity contribution is 7.17. The van der Waals surface area contributed by atoms with Gasteiger partial charge in [-0.15, -0.1) is 11.3 Å². The van der Waals surface area contributed by atoms with Crippen LogP contribution in [0.4, 0.5) is 5.69 Å². The lowest BCUT2D eigenvalue weighted by Crippen LogP contribution is -2.35. The Morgan fingerprint density at radius 1 is 1.41 bits per heavy atom. The van der Waals surface area contributed by atoms with Gasteiger partial charge in [-0.05, 0) is 31.5 Å². The molecule has 27 heavy (non-hydrogen) atoms. The predicted molar refractivity (Wildman–Crippen MR) is 103 cm³/mol. The number of ether oxygens (including phenoxy) is 1. The molecule has 1 aromatic carbocycles. The highest BCUT2D eigenvalue weighted by Gasteiger charge is 2.26. The van der Waals surface area contributed by atoms with Gasteiger partial charge in [0.1, 0.15) is 5.75 Å². The fraction of sp³-hybridized carbons (Fsp3) is 0.316. The number of carboxylic acid groups (broad SMARTS) is 1. The zero-order chi connectivity index (χ0) is 19.3. The minimum Gasteiger partial charge on any atom is -0.482 e. The molecular formula is C19H19N3O4S. The van der Waals surface area contributed by atoms with Crippen molar-refractivity contribution in [2.75, 3.05) is 18.6 Å². The largest absolute Gasteiger partial charge is 0.482 e. The van der Waals surface area contributed by atoms with Gasteiger partial charge < -0.3 is 14.7 Å². The molecule has 0 unspecified atom stereocenters. The summed E-state index contributed by atoms with van der Waals surface area (Å²) in [6.45, 7) is 3.97. The van der Waals surface area contributed by atoms with E-state index in [1.165, 1.54) is 11.3 Å². The number of carbonyl (C=O) groups excluding carboxylic acids is 1. The van der Waals surface area contributed by atoms with Crippen LogP contribution in [0.25, 0.3) is 16.2 Å². The molecule has 0 saturated carbocycles. The molecule has 7 nitrogen and oxygen atoms in total. The normalized spacial score (nSPS) is 13.7. The predicted octanol–water partition coefficient (Wildman–Crippen LogP) is 3.38. The molecule has 3 aromatic rings. The van der Waals surface area contributed by atoms with Gasteiger partial charge in [0.05, 0.1) is 17.1 Å². The summed E-state index contributed by atoms with van der Waals surface area (Å²) in [6.07, 6.45) is 1.44. The second kappa shape index (κ2) is 6.38. The maximum atomic E-state index is 12.0. The maximum absolute atomic E-state index is 12.0. The summed E-state index contributed by atoms with van der Waals surface area (Å²) in [7, 11) is 1.71. The smallest absolute Gasteiger partial charge is 0.354 e. The molecule has 1 aliphatic rings. The SMILES string of the molecule is CCCc1nc2sc(C)c(-c3ccc4c(c3)N(C)C(=O)CO4)n2c1C(=O)O. The topological polar surface area (TPSA) is 84.1 Å². The van der Waals surface area contributed by atoms with Crippen molar-refractivity contribution in [3.8, 4) is 17.0 Å². The summed E-state index contributed by atoms with van der Waals surface area (Å²) >= 11 is 1.47. The van der Waals surface area contributed by atoms with E-state index in [-0.39, 0.29) is 18.2 Å². The molecule has 2 aromatic heterocycles. The lowest BCUT2D eigenvalue weighted by Gasteiger charge is -2.26. The number of carboxylic acids is 1. The van der Waals surface area contributed by atoms with E-state index in [1.807, 2.05) is 32.0 Å². The van der Waals surface area contributed by atoms with Gasteiger partial charge in [-0.1, -0.05) is 13.3 Å². The molecule has 140 valence electrons. The Bertz CT molecular complexity index is 1080. The van der Waals surface area contributed by atoms with Gasteiger partial charge >= 0.3 is 5.97 Å². The molecule has 4 rings (SSSR count). The van der Waals surface area contributed by atoms with E-state index in [2.05, 4.69) is 4.98 Å². The van der Waals surface area contributed by atoms with Crippen LogP contribution in [0.3, 0.4) is 0 Å². The first-order valence-electron chi connectivity index (χ1n) is 8.70. The van der Waals surface area contributed by atoms with Crippen molar-refractivity contribution < 1.29 is 19.4 Å². The molecule has 1 amide bonds. The zero-order valence-corrected chi connectivity index (χ0v) is 16.1. The molecule has 0 bridgehead atoms. The Morgan fingerprint density at radius 3 is 2.89 bits per heavy atom. The summed E-state index contributed by atoms with van der Waals surface area (Å²) in [5, 5.41) is 9.80. The summed E-state index contributed by atoms with van der Waals surface area (Å²) in [6, 6.07) is 5.58. The highest BCUT2D eigenvalue weighted by Crippen LogP contribution is 2.39. The number of aromatic carboxylic acids is 1. The van der Waals surface area contributed by atoms with Crippen molar-refractivity contribution in [3.05, 3.63) is 34.5 Å². The molecular weight excluding hydrogens is 366 g/mol. The number of aryl methyl sites for hydroxylation is 2. The van der Waals surface area contributed by atoms with Crippen LogP contribution < -0.4 is 9.64 Å². The number of likely N-dealkylation sites (N-methyl/N-ethyl adjacent to an activating group) is 1. The number of benzene rings is 1. The van der Waals surface area contributed by atoms with Gasteiger partial charge in [0.25, 0.3) is 5.91 Å². The molecule has 0 saturated heterocycles. The number of fused-ring (bicyclic) bond motifs is 2. The number of nitrogens with zero attached hydrogens (tertiary/aromatic N) is 3. The number of anilines is 1. The Morgan fingerprint density at radius 2 is 2.19 bits per heavy atom. The molecule has 1 aliphatic heterocycles. The Hall–Kier alpha value is -2.87. The quantitative estimate of drug-likeness (QED) is 0.744. The average molecular weight is 385 g/mol. The van der Waals surface area contributed by atoms with E-state index < -0.39 is 5.97 Å². The first-order chi connectivity index (χ1) is 12.9. The molecule has 0 aliphatic carbocycles. The van der Waals surface area contributed by atoms with Crippen molar-refractivity contribution in [2.24, 2.45) is 0 Å². The number of rotatable bonds is 4. The van der Waals surface area contributed by atoms with Crippen molar-refractivity contribution in [2.45, 2.75) is 26.7 Å². The fourth-order valence-electron chi connectivity index (χ4n) is 3.44. The number of thiazole rings is 1. The molecule has 3 heterocycles. The summed E-state index contributed by atoms with van der Waals surface area (Å²) in [4.78, 5) is 31.7. The number of hydrogen-bond donors (Lipinski definition) is 1. The van der Waals surface area contributed by atoms with E-state index in [0.717, 1.165) is 22.6 Å². The third-order valence-electron chi connectivity index (χ3n) is 4.73. The van der Waals surface area contributed by atoms with Crippen LogP contribution >= 0.6 is 11.3 Å². The number of carbonyl (C=O) groups is 2. The van der Waals surface area contributed by atoms with Crippen molar-refractivity contribution in [1.29, 1.82) is 0 Å². The van der Waals surface area contributed by atoms with Gasteiger partial charge in [0, 0.05) is 17.5 Å². The van der Waals surface area contributed by atoms with Gasteiger partial charge in [-0.3, -0.25) is 9.20 Å². The van der Waals surface area contributed by atoms with Crippen LogP contribution in [0.5, 0.6) is 5.75 Å². The standard InChI is InChI=1S/C19H19N3O4S/c1-4-5-12-17(18(24)25)22-16(10(2)27-19(22)20-12)11-6-7-14-13(8-11)21(3)15(23)9-26-14/h6-8H,4-5,9H2,1-3H3,(H,24,25). The van der Waals surface area contributed by atoms with Crippen LogP contribution in [0.1, 0.15) is 34.4 Å². The zero-order valence-electron chi connectivity index (χ0n) is 15.3. The Labute approximate surface area is 159 Å². The summed E-state index contributed by atoms with van der Waals surface area (Å²) in [5.41, 5.74) is 3.10. The second-order valence-electron chi connectivity index (χ2n) is 6.51. The van der Waals surface area contributed by atoms with Crippen molar-refractivity contribution >= 4 is 33.9 Å². The molecule has 0 fully saturated rings. The number of aromatic nitrogens is 2. The molecule has 0 spiro atoms. The highest BCUT2D eigenvalue weighted by atomic mass is 32.1. The van der Waals surface area contributed by atoms with Gasteiger partial charge in [-0.25, -0.2) is 9.78 Å². The number of imidazole rings is 1. The van der Waals surface area contributed by atoms with E-state index >= 15 is 0 Å². The van der Waals surface area contributed by atoms with E-state index in [0.29, 0.717) is 28.5 Å². The monoisotopic (exact) mass is 385 g/mol. The van der Waals surface area contributed by atoms with Crippen LogP contribution in [-0.4, -0.2) is 40.0 Å². The fourth-order valence-corrected chi connectivity index (χ4v) is 4.45. The van der Waals surface area contributed by atoms with Gasteiger partial charge in [0.15, 0.2) is 17.3 Å². The second-order valence-corrected chi connectivity index (χ2v) is 7.69. The first-order valence-corrected chi connectivity index (χ1v) is 9.51. The summed E-state index contributed by atoms with van der Waals surface area (Å²) < 4.78 is 7.22. The summed E-state index contributed by atoms with van der Waals surface area (Å²) in [5.74, 6) is -0.467. The number of hydrogen-bond acceptors (Lipinski definition) is 5. The lowest BCUT2D eigenvalue weighted by molar-refractivity contribution is -0.120. The van der Waals surface area contributed by atoms with Crippen molar-refractivity contribution in [1.82, 2.24) is 9.38 Å². The van der Waals surface area contributed by atoms with Crippen LogP contribution in [0, 0.1) is 6.92 Å². The molecule has 8 heteroatoms. The Balaban J connectivity index is 1.95. The minimum absolute atomic E-state index is 0.0234. The van der Waals surface area contributed by atoms with E-state index in [1.54, 1.807) is 16.3 Å². The van der Waals surface area contributed by atoms with Crippen molar-refractivity contribution in [3.63, 3.8) is 0 Å². The maximum Gasteiger partial charge on any atom is 0.354 e. The lowest BCUT2D eigenvalue weighted by atomic mass is 10.1. The van der Waals surface area contributed by atoms with E-state index in [9.17, 15) is 14.7 Å². The molecule has 1 N–H and O–H groups in total. The van der Waals surface area contributed by atoms with E-state index in [4.69, 9.17) is 4.74 Å². The Kier molecular flexibility index (Phi) is 4.15. The molecule has 0 atom stereocenters. The third kappa shape index (κ3) is 2.68. The number of amides is 1. The average Bonchev–Trinajstić information content (AvgIpc) is 3.12. The van der Waals surface area contributed by atoms with Gasteiger partial charge in [0.2, 0.25) is 0 Å². The van der Waals surface area contributed by atoms with Gasteiger partial charge in [-0.2, -0.15) is 0 Å². The minimum atomic E-state index is -0.987. The van der Waals surface area contributed by atoms with Crippen LogP contribution in [-0.2, 0) is 11.2 Å². The van der Waals surface area contributed by atoms with Crippen LogP contribution in [0.15, 0.2) is 18.2 Å².